The zero-order chi connectivity index (χ0) is 30.5. The molecule has 2 aromatic heterocycles. The van der Waals surface area contributed by atoms with Crippen LogP contribution in [-0.2, 0) is 27.3 Å². The van der Waals surface area contributed by atoms with Crippen LogP contribution in [0.3, 0.4) is 0 Å². The van der Waals surface area contributed by atoms with Crippen molar-refractivity contribution in [3.05, 3.63) is 84.2 Å². The smallest absolute Gasteiger partial charge is 0.310 e. The number of hydrogen-bond acceptors (Lipinski definition) is 8. The van der Waals surface area contributed by atoms with Gasteiger partial charge in [-0.3, -0.25) is 9.48 Å². The number of nitrogen functional groups attached to an aromatic ring is 1. The number of ether oxygens (including phenoxy) is 3. The summed E-state index contributed by atoms with van der Waals surface area (Å²) in [6, 6.07) is 22.5. The quantitative estimate of drug-likeness (QED) is 0.192. The van der Waals surface area contributed by atoms with Gasteiger partial charge in [0.25, 0.3) is 0 Å². The molecule has 2 N–H and O–H groups in total. The molecule has 0 radical (unpaired) electrons. The Hall–Kier alpha value is -4.47. The van der Waals surface area contributed by atoms with Gasteiger partial charge < -0.3 is 24.8 Å². The van der Waals surface area contributed by atoms with E-state index in [1.807, 2.05) is 49.4 Å². The van der Waals surface area contributed by atoms with Crippen molar-refractivity contribution in [3.63, 3.8) is 0 Å². The predicted molar refractivity (Wildman–Crippen MR) is 173 cm³/mol. The number of likely N-dealkylation sites (tertiary alicyclic amines) is 1. The average molecular weight is 594 g/mol. The fourth-order valence-corrected chi connectivity index (χ4v) is 6.16. The maximum absolute atomic E-state index is 12.3. The molecule has 228 valence electrons. The van der Waals surface area contributed by atoms with Gasteiger partial charge in [-0.15, -0.1) is 0 Å². The lowest BCUT2D eigenvalue weighted by Gasteiger charge is -2.32. The number of piperidine rings is 1. The largest absolute Gasteiger partial charge is 0.487 e. The summed E-state index contributed by atoms with van der Waals surface area (Å²) in [6.45, 7) is 6.13. The van der Waals surface area contributed by atoms with E-state index in [-0.39, 0.29) is 18.4 Å². The molecule has 1 aliphatic heterocycles. The van der Waals surface area contributed by atoms with Crippen LogP contribution in [-0.4, -0.2) is 65.6 Å². The molecule has 3 aromatic carbocycles. The number of fused-ring (bicyclic) bond motifs is 2. The lowest BCUT2D eigenvalue weighted by Crippen LogP contribution is -2.37. The minimum Gasteiger partial charge on any atom is -0.487 e. The van der Waals surface area contributed by atoms with Crippen molar-refractivity contribution in [1.82, 2.24) is 19.7 Å². The number of nitrogens with zero attached hydrogens (tertiary/aromatic N) is 4. The van der Waals surface area contributed by atoms with Gasteiger partial charge in [-0.2, -0.15) is 5.10 Å². The van der Waals surface area contributed by atoms with E-state index in [9.17, 15) is 4.79 Å². The summed E-state index contributed by atoms with van der Waals surface area (Å²) < 4.78 is 19.2. The van der Waals surface area contributed by atoms with E-state index in [1.165, 1.54) is 0 Å². The summed E-state index contributed by atoms with van der Waals surface area (Å²) in [6.07, 6.45) is 3.90. The fraction of sp³-hybridized carbons (Fsp3) is 0.343. The van der Waals surface area contributed by atoms with Gasteiger partial charge in [-0.25, -0.2) is 4.98 Å². The Morgan fingerprint density at radius 2 is 1.84 bits per heavy atom. The first kappa shape index (κ1) is 29.6. The van der Waals surface area contributed by atoms with Crippen LogP contribution in [0.2, 0.25) is 0 Å². The van der Waals surface area contributed by atoms with Gasteiger partial charge in [0.1, 0.15) is 18.2 Å². The molecule has 9 heteroatoms. The number of benzene rings is 3. The molecule has 0 atom stereocenters. The second-order valence-corrected chi connectivity index (χ2v) is 11.2. The normalized spacial score (nSPS) is 14.3. The maximum atomic E-state index is 12.3. The number of carbonyl (C=O) groups is 1. The van der Waals surface area contributed by atoms with Crippen LogP contribution in [0.15, 0.2) is 72.9 Å². The number of hydrogen-bond donors (Lipinski definition) is 1. The Balaban J connectivity index is 1.37. The summed E-state index contributed by atoms with van der Waals surface area (Å²) in [5.74, 6) is 0.921. The molecule has 0 unspecified atom stereocenters. The van der Waals surface area contributed by atoms with E-state index in [1.54, 1.807) is 13.3 Å². The topological polar surface area (TPSA) is 105 Å². The van der Waals surface area contributed by atoms with Gasteiger partial charge >= 0.3 is 5.97 Å². The molecule has 0 saturated carbocycles. The second-order valence-electron chi connectivity index (χ2n) is 11.2. The molecule has 0 spiro atoms. The summed E-state index contributed by atoms with van der Waals surface area (Å²) in [7, 11) is 1.75. The summed E-state index contributed by atoms with van der Waals surface area (Å²) in [5, 5.41) is 8.17. The van der Waals surface area contributed by atoms with Gasteiger partial charge in [-0.05, 0) is 60.5 Å². The Morgan fingerprint density at radius 1 is 1.00 bits per heavy atom. The summed E-state index contributed by atoms with van der Waals surface area (Å²) in [4.78, 5) is 19.0. The van der Waals surface area contributed by atoms with Gasteiger partial charge in [0.15, 0.2) is 0 Å². The van der Waals surface area contributed by atoms with Gasteiger partial charge in [0, 0.05) is 49.3 Å². The highest BCUT2D eigenvalue weighted by molar-refractivity contribution is 6.02. The number of aromatic nitrogens is 3. The third kappa shape index (κ3) is 6.25. The van der Waals surface area contributed by atoms with Crippen molar-refractivity contribution >= 4 is 33.5 Å². The molecule has 6 rings (SSSR count). The van der Waals surface area contributed by atoms with Crippen molar-refractivity contribution in [3.8, 4) is 16.9 Å². The van der Waals surface area contributed by atoms with Gasteiger partial charge in [0.05, 0.1) is 36.9 Å². The third-order valence-electron chi connectivity index (χ3n) is 8.44. The zero-order valence-corrected chi connectivity index (χ0v) is 25.4. The number of rotatable bonds is 11. The van der Waals surface area contributed by atoms with Crippen molar-refractivity contribution < 1.29 is 19.0 Å². The molecular weight excluding hydrogens is 554 g/mol. The first-order chi connectivity index (χ1) is 21.6. The monoisotopic (exact) mass is 593 g/mol. The summed E-state index contributed by atoms with van der Waals surface area (Å²) >= 11 is 0. The molecule has 1 saturated heterocycles. The van der Waals surface area contributed by atoms with Crippen LogP contribution in [0.25, 0.3) is 32.8 Å². The number of para-hydroxylation sites is 1. The van der Waals surface area contributed by atoms with Crippen LogP contribution < -0.4 is 10.5 Å². The highest BCUT2D eigenvalue weighted by Crippen LogP contribution is 2.35. The first-order valence-corrected chi connectivity index (χ1v) is 15.3. The number of carbonyl (C=O) groups excluding carboxylic acids is 1. The molecule has 0 bridgehead atoms. The number of anilines is 1. The third-order valence-corrected chi connectivity index (χ3v) is 8.44. The summed E-state index contributed by atoms with van der Waals surface area (Å²) in [5.41, 5.74) is 11.1. The molecular formula is C35H39N5O4. The SMILES string of the molecule is CCOC(=O)Cc1ccccc1OCc1c2cc(-c3cccc4c(N)nccc34)ccc2nn1C1CCN(CCOC)CC1. The van der Waals surface area contributed by atoms with Crippen molar-refractivity contribution in [2.24, 2.45) is 0 Å². The minimum atomic E-state index is -0.269. The molecule has 0 aliphatic carbocycles. The van der Waals surface area contributed by atoms with Crippen LogP contribution in [0.5, 0.6) is 5.75 Å². The number of pyridine rings is 1. The Labute approximate surface area is 257 Å². The Kier molecular flexibility index (Phi) is 9.04. The second kappa shape index (κ2) is 13.4. The first-order valence-electron chi connectivity index (χ1n) is 15.3. The number of esters is 1. The van der Waals surface area contributed by atoms with Crippen LogP contribution in [0, 0.1) is 0 Å². The lowest BCUT2D eigenvalue weighted by molar-refractivity contribution is -0.142. The van der Waals surface area contributed by atoms with E-state index in [2.05, 4.69) is 38.8 Å². The maximum Gasteiger partial charge on any atom is 0.310 e. The molecule has 1 fully saturated rings. The van der Waals surface area contributed by atoms with Crippen LogP contribution in [0.4, 0.5) is 5.82 Å². The molecule has 5 aromatic rings. The number of methoxy groups -OCH3 is 1. The van der Waals surface area contributed by atoms with E-state index < -0.39 is 0 Å². The van der Waals surface area contributed by atoms with E-state index in [4.69, 9.17) is 25.0 Å². The zero-order valence-electron chi connectivity index (χ0n) is 25.4. The van der Waals surface area contributed by atoms with Crippen LogP contribution >= 0.6 is 0 Å². The van der Waals surface area contributed by atoms with Crippen molar-refractivity contribution in [2.45, 2.75) is 38.8 Å². The van der Waals surface area contributed by atoms with Crippen LogP contribution in [0.1, 0.15) is 37.1 Å². The number of nitrogens with two attached hydrogens (primary N) is 1. The van der Waals surface area contributed by atoms with E-state index >= 15 is 0 Å². The average Bonchev–Trinajstić information content (AvgIpc) is 3.41. The highest BCUT2D eigenvalue weighted by Gasteiger charge is 2.25. The van der Waals surface area contributed by atoms with Gasteiger partial charge in [-0.1, -0.05) is 42.5 Å². The molecule has 44 heavy (non-hydrogen) atoms. The van der Waals surface area contributed by atoms with E-state index in [0.717, 1.165) is 83.1 Å². The molecule has 0 amide bonds. The van der Waals surface area contributed by atoms with Crippen molar-refractivity contribution in [2.75, 3.05) is 45.7 Å². The van der Waals surface area contributed by atoms with E-state index in [0.29, 0.717) is 24.8 Å². The fourth-order valence-electron chi connectivity index (χ4n) is 6.16. The highest BCUT2D eigenvalue weighted by atomic mass is 16.5. The molecule has 1 aliphatic rings. The van der Waals surface area contributed by atoms with Crippen molar-refractivity contribution in [1.29, 1.82) is 0 Å². The lowest BCUT2D eigenvalue weighted by atomic mass is 9.97. The Bertz CT molecular complexity index is 1760. The molecule has 9 nitrogen and oxygen atoms in total. The van der Waals surface area contributed by atoms with Gasteiger partial charge in [0.2, 0.25) is 0 Å². The Morgan fingerprint density at radius 3 is 2.66 bits per heavy atom. The standard InChI is InChI=1S/C35H39N5O4/c1-3-43-34(41)22-25-7-4-5-10-33(25)44-23-32-30-21-24(27-8-6-9-29-28(27)13-16-37-35(29)36)11-12-31(30)38-40(32)26-14-17-39(18-15-26)19-20-42-2/h4-13,16,21,26H,3,14-15,17-20,22-23H2,1-2H3,(H2,36,37). The molecule has 3 heterocycles. The predicted octanol–water partition coefficient (Wildman–Crippen LogP) is 5.80. The minimum absolute atomic E-state index is 0.160.